The lowest BCUT2D eigenvalue weighted by Crippen LogP contribution is -2.01. The summed E-state index contributed by atoms with van der Waals surface area (Å²) in [5, 5.41) is 5.07. The molecule has 3 aromatic rings. The monoisotopic (exact) mass is 302 g/mol. The van der Waals surface area contributed by atoms with Crippen LogP contribution in [0.3, 0.4) is 0 Å². The smallest absolute Gasteiger partial charge is 0.141 e. The second kappa shape index (κ2) is 5.54. The van der Waals surface area contributed by atoms with E-state index >= 15 is 0 Å². The van der Waals surface area contributed by atoms with Crippen molar-refractivity contribution in [3.05, 3.63) is 65.2 Å². The normalized spacial score (nSPS) is 10.8. The van der Waals surface area contributed by atoms with Crippen LogP contribution in [-0.2, 0) is 6.54 Å². The van der Waals surface area contributed by atoms with Crippen molar-refractivity contribution < 1.29 is 4.39 Å². The highest BCUT2D eigenvalue weighted by molar-refractivity contribution is 6.31. The molecular formula is C15H12ClFN4. The van der Waals surface area contributed by atoms with E-state index < -0.39 is 5.82 Å². The van der Waals surface area contributed by atoms with Crippen LogP contribution in [-0.4, -0.2) is 14.8 Å². The molecular weight excluding hydrogens is 291 g/mol. The predicted molar refractivity (Wildman–Crippen MR) is 80.4 cm³/mol. The van der Waals surface area contributed by atoms with Crippen molar-refractivity contribution in [1.29, 1.82) is 0 Å². The molecule has 2 N–H and O–H groups in total. The third-order valence-corrected chi connectivity index (χ3v) is 3.42. The molecule has 2 heterocycles. The number of nitrogens with zero attached hydrogens (tertiary/aromatic N) is 3. The molecule has 21 heavy (non-hydrogen) atoms. The van der Waals surface area contributed by atoms with Crippen LogP contribution in [0.25, 0.3) is 11.4 Å². The average Bonchev–Trinajstić information content (AvgIpc) is 2.83. The molecule has 0 fully saturated rings. The molecule has 0 saturated carbocycles. The van der Waals surface area contributed by atoms with E-state index in [2.05, 4.69) is 10.1 Å². The van der Waals surface area contributed by atoms with Crippen LogP contribution in [0.5, 0.6) is 0 Å². The molecule has 0 aliphatic carbocycles. The standard InChI is InChI=1S/C15H12ClFN4/c16-12-4-2-1-3-10(12)8-21-9-13(18)15(20-21)14-6-5-11(17)7-19-14/h1-7,9H,8,18H2. The number of benzene rings is 1. The maximum absolute atomic E-state index is 12.9. The Kier molecular flexibility index (Phi) is 3.58. The van der Waals surface area contributed by atoms with E-state index in [1.165, 1.54) is 6.07 Å². The first kappa shape index (κ1) is 13.6. The van der Waals surface area contributed by atoms with Gasteiger partial charge in [0, 0.05) is 11.2 Å². The highest BCUT2D eigenvalue weighted by Gasteiger charge is 2.11. The van der Waals surface area contributed by atoms with Crippen molar-refractivity contribution in [2.75, 3.05) is 5.73 Å². The number of nitrogens with two attached hydrogens (primary N) is 1. The van der Waals surface area contributed by atoms with E-state index in [0.29, 0.717) is 28.6 Å². The minimum absolute atomic E-state index is 0.396. The molecule has 0 atom stereocenters. The Bertz CT molecular complexity index is 768. The van der Waals surface area contributed by atoms with Crippen LogP contribution < -0.4 is 5.73 Å². The molecule has 6 heteroatoms. The van der Waals surface area contributed by atoms with Gasteiger partial charge in [0.15, 0.2) is 0 Å². The topological polar surface area (TPSA) is 56.7 Å². The molecule has 3 rings (SSSR count). The second-order valence-corrected chi connectivity index (χ2v) is 4.99. The zero-order valence-electron chi connectivity index (χ0n) is 11.0. The fourth-order valence-electron chi connectivity index (χ4n) is 2.03. The van der Waals surface area contributed by atoms with Gasteiger partial charge < -0.3 is 5.73 Å². The average molecular weight is 303 g/mol. The quantitative estimate of drug-likeness (QED) is 0.807. The van der Waals surface area contributed by atoms with Gasteiger partial charge >= 0.3 is 0 Å². The Morgan fingerprint density at radius 3 is 2.71 bits per heavy atom. The van der Waals surface area contributed by atoms with Gasteiger partial charge in [-0.15, -0.1) is 0 Å². The largest absolute Gasteiger partial charge is 0.396 e. The first-order valence-corrected chi connectivity index (χ1v) is 6.69. The fourth-order valence-corrected chi connectivity index (χ4v) is 2.23. The Morgan fingerprint density at radius 2 is 2.00 bits per heavy atom. The summed E-state index contributed by atoms with van der Waals surface area (Å²) in [5.41, 5.74) is 8.45. The van der Waals surface area contributed by atoms with E-state index in [-0.39, 0.29) is 0 Å². The maximum atomic E-state index is 12.9. The number of hydrogen-bond donors (Lipinski definition) is 1. The highest BCUT2D eigenvalue weighted by Crippen LogP contribution is 2.23. The number of halogens is 2. The summed E-state index contributed by atoms with van der Waals surface area (Å²) in [4.78, 5) is 3.99. The summed E-state index contributed by atoms with van der Waals surface area (Å²) in [5.74, 6) is -0.396. The molecule has 0 aliphatic heterocycles. The minimum Gasteiger partial charge on any atom is -0.396 e. The van der Waals surface area contributed by atoms with Gasteiger partial charge in [-0.3, -0.25) is 9.67 Å². The summed E-state index contributed by atoms with van der Waals surface area (Å²) in [6.45, 7) is 0.505. The Labute approximate surface area is 126 Å². The van der Waals surface area contributed by atoms with E-state index in [1.807, 2.05) is 24.3 Å². The summed E-state index contributed by atoms with van der Waals surface area (Å²) >= 11 is 6.13. The molecule has 0 unspecified atom stereocenters. The van der Waals surface area contributed by atoms with E-state index in [9.17, 15) is 4.39 Å². The van der Waals surface area contributed by atoms with Gasteiger partial charge in [-0.25, -0.2) is 4.39 Å². The summed E-state index contributed by atoms with van der Waals surface area (Å²) in [7, 11) is 0. The van der Waals surface area contributed by atoms with Gasteiger partial charge in [-0.2, -0.15) is 5.10 Å². The van der Waals surface area contributed by atoms with Crippen molar-refractivity contribution in [3.63, 3.8) is 0 Å². The zero-order valence-corrected chi connectivity index (χ0v) is 11.8. The number of hydrogen-bond acceptors (Lipinski definition) is 3. The van der Waals surface area contributed by atoms with Gasteiger partial charge in [0.2, 0.25) is 0 Å². The molecule has 1 aromatic carbocycles. The van der Waals surface area contributed by atoms with Crippen LogP contribution in [0.2, 0.25) is 5.02 Å². The molecule has 0 bridgehead atoms. The van der Waals surface area contributed by atoms with Crippen molar-refractivity contribution >= 4 is 17.3 Å². The van der Waals surface area contributed by atoms with Crippen molar-refractivity contribution in [2.24, 2.45) is 0 Å². The number of anilines is 1. The molecule has 2 aromatic heterocycles. The van der Waals surface area contributed by atoms with E-state index in [0.717, 1.165) is 11.8 Å². The van der Waals surface area contributed by atoms with Gasteiger partial charge in [-0.1, -0.05) is 29.8 Å². The van der Waals surface area contributed by atoms with Crippen molar-refractivity contribution in [1.82, 2.24) is 14.8 Å². The van der Waals surface area contributed by atoms with Gasteiger partial charge in [0.05, 0.1) is 24.1 Å². The van der Waals surface area contributed by atoms with E-state index in [4.69, 9.17) is 17.3 Å². The Balaban J connectivity index is 1.91. The molecule has 106 valence electrons. The molecule has 4 nitrogen and oxygen atoms in total. The van der Waals surface area contributed by atoms with Gasteiger partial charge in [0.25, 0.3) is 0 Å². The van der Waals surface area contributed by atoms with Crippen LogP contribution in [0, 0.1) is 5.82 Å². The van der Waals surface area contributed by atoms with Crippen LogP contribution in [0.4, 0.5) is 10.1 Å². The lowest BCUT2D eigenvalue weighted by molar-refractivity contribution is 0.621. The van der Waals surface area contributed by atoms with Crippen LogP contribution in [0.15, 0.2) is 48.8 Å². The van der Waals surface area contributed by atoms with Gasteiger partial charge in [0.1, 0.15) is 11.5 Å². The summed E-state index contributed by atoms with van der Waals surface area (Å²) in [6, 6.07) is 10.4. The molecule has 0 amide bonds. The molecule has 0 radical (unpaired) electrons. The summed E-state index contributed by atoms with van der Waals surface area (Å²) in [6.07, 6.45) is 2.85. The lowest BCUT2D eigenvalue weighted by atomic mass is 10.2. The first-order chi connectivity index (χ1) is 10.1. The maximum Gasteiger partial charge on any atom is 0.141 e. The number of aromatic nitrogens is 3. The lowest BCUT2D eigenvalue weighted by Gasteiger charge is -2.03. The second-order valence-electron chi connectivity index (χ2n) is 4.58. The zero-order chi connectivity index (χ0) is 14.8. The summed E-state index contributed by atoms with van der Waals surface area (Å²) < 4.78 is 14.6. The first-order valence-electron chi connectivity index (χ1n) is 6.32. The molecule has 0 saturated heterocycles. The van der Waals surface area contributed by atoms with Gasteiger partial charge in [-0.05, 0) is 23.8 Å². The molecule has 0 aliphatic rings. The van der Waals surface area contributed by atoms with E-state index in [1.54, 1.807) is 16.9 Å². The van der Waals surface area contributed by atoms with Crippen LogP contribution >= 0.6 is 11.6 Å². The Morgan fingerprint density at radius 1 is 1.19 bits per heavy atom. The number of rotatable bonds is 3. The highest BCUT2D eigenvalue weighted by atomic mass is 35.5. The fraction of sp³-hybridized carbons (Fsp3) is 0.0667. The third-order valence-electron chi connectivity index (χ3n) is 3.05. The molecule has 0 spiro atoms. The third kappa shape index (κ3) is 2.87. The van der Waals surface area contributed by atoms with Crippen molar-refractivity contribution in [2.45, 2.75) is 6.54 Å². The minimum atomic E-state index is -0.396. The number of pyridine rings is 1. The van der Waals surface area contributed by atoms with Crippen LogP contribution in [0.1, 0.15) is 5.56 Å². The SMILES string of the molecule is Nc1cn(Cc2ccccc2Cl)nc1-c1ccc(F)cn1. The predicted octanol–water partition coefficient (Wildman–Crippen LogP) is 3.37. The Hall–Kier alpha value is -2.40. The van der Waals surface area contributed by atoms with Crippen molar-refractivity contribution in [3.8, 4) is 11.4 Å². The number of nitrogen functional groups attached to an aromatic ring is 1.